The van der Waals surface area contributed by atoms with Crippen molar-refractivity contribution in [2.75, 3.05) is 27.2 Å². The Kier molecular flexibility index (Phi) is 7.48. The minimum Gasteiger partial charge on any atom is -0.494 e. The highest BCUT2D eigenvalue weighted by atomic mass is 35.5. The molecule has 6 nitrogen and oxygen atoms in total. The molecule has 0 unspecified atom stereocenters. The number of likely N-dealkylation sites (tertiary alicyclic amines) is 1. The van der Waals surface area contributed by atoms with Gasteiger partial charge in [-0.2, -0.15) is 5.26 Å². The van der Waals surface area contributed by atoms with E-state index in [1.165, 1.54) is 24.1 Å². The van der Waals surface area contributed by atoms with Gasteiger partial charge < -0.3 is 14.5 Å². The number of benzene rings is 3. The fourth-order valence-corrected chi connectivity index (χ4v) is 4.75. The summed E-state index contributed by atoms with van der Waals surface area (Å²) >= 11 is 12.4. The van der Waals surface area contributed by atoms with Crippen LogP contribution in [-0.2, 0) is 0 Å². The van der Waals surface area contributed by atoms with Gasteiger partial charge in [0.25, 0.3) is 11.8 Å². The second kappa shape index (κ2) is 10.6. The van der Waals surface area contributed by atoms with Crippen molar-refractivity contribution in [1.29, 1.82) is 5.26 Å². The molecule has 0 aromatic heterocycles. The molecule has 0 aliphatic carbocycles. The van der Waals surface area contributed by atoms with Gasteiger partial charge in [-0.15, -0.1) is 0 Å². The van der Waals surface area contributed by atoms with Gasteiger partial charge in [-0.3, -0.25) is 9.59 Å². The summed E-state index contributed by atoms with van der Waals surface area (Å²) in [6, 6.07) is 17.3. The van der Waals surface area contributed by atoms with Crippen LogP contribution in [0.2, 0.25) is 10.0 Å². The average Bonchev–Trinajstić information content (AvgIpc) is 3.34. The number of carbonyl (C=O) groups is 2. The first-order valence-corrected chi connectivity index (χ1v) is 11.8. The number of amides is 2. The molecule has 3 aromatic rings. The number of carbonyl (C=O) groups excluding carboxylic acids is 2. The van der Waals surface area contributed by atoms with Crippen molar-refractivity contribution in [3.63, 3.8) is 0 Å². The van der Waals surface area contributed by atoms with Crippen molar-refractivity contribution in [1.82, 2.24) is 9.80 Å². The Bertz CT molecular complexity index is 1360. The molecule has 184 valence electrons. The lowest BCUT2D eigenvalue weighted by atomic mass is 9.93. The van der Waals surface area contributed by atoms with E-state index in [4.69, 9.17) is 33.2 Å². The largest absolute Gasteiger partial charge is 0.494 e. The Morgan fingerprint density at radius 2 is 1.72 bits per heavy atom. The molecular weight excluding hydrogens is 504 g/mol. The molecule has 1 aliphatic heterocycles. The van der Waals surface area contributed by atoms with Crippen molar-refractivity contribution in [3.05, 3.63) is 98.8 Å². The van der Waals surface area contributed by atoms with Gasteiger partial charge >= 0.3 is 0 Å². The summed E-state index contributed by atoms with van der Waals surface area (Å²) in [5.41, 5.74) is 1.89. The second-order valence-electron chi connectivity index (χ2n) is 8.51. The monoisotopic (exact) mass is 525 g/mol. The number of nitrogens with zero attached hydrogens (tertiary/aromatic N) is 3. The van der Waals surface area contributed by atoms with Crippen LogP contribution >= 0.6 is 23.2 Å². The van der Waals surface area contributed by atoms with E-state index in [0.29, 0.717) is 27.7 Å². The van der Waals surface area contributed by atoms with Gasteiger partial charge in [0.15, 0.2) is 11.6 Å². The molecule has 1 fully saturated rings. The lowest BCUT2D eigenvalue weighted by Crippen LogP contribution is -2.42. The number of hydrogen-bond acceptors (Lipinski definition) is 4. The van der Waals surface area contributed by atoms with Gasteiger partial charge in [-0.25, -0.2) is 4.39 Å². The maximum Gasteiger partial charge on any atom is 0.254 e. The first kappa shape index (κ1) is 25.5. The lowest BCUT2D eigenvalue weighted by Gasteiger charge is -2.29. The Morgan fingerprint density at radius 1 is 1.03 bits per heavy atom. The standard InChI is InChI=1S/C27H22Cl2FN3O3/c1-32(26(34)19-8-10-25(36-2)23(30)12-19)24-15-33(27(35)17-5-3-16(13-31)4-6-17)14-20(24)18-7-9-21(28)22(29)11-18/h3-12,20,24H,14-15H2,1-2H3/t20-,24+/m0/s1. The minimum atomic E-state index is -0.637. The zero-order valence-corrected chi connectivity index (χ0v) is 21.1. The van der Waals surface area contributed by atoms with E-state index in [9.17, 15) is 14.0 Å². The third kappa shape index (κ3) is 5.01. The van der Waals surface area contributed by atoms with Gasteiger partial charge in [0.05, 0.1) is 34.8 Å². The van der Waals surface area contributed by atoms with E-state index >= 15 is 0 Å². The van der Waals surface area contributed by atoms with Gasteiger partial charge in [-0.1, -0.05) is 29.3 Å². The molecule has 2 amide bonds. The Balaban J connectivity index is 1.65. The highest BCUT2D eigenvalue weighted by Gasteiger charge is 2.40. The Hall–Kier alpha value is -3.60. The number of likely N-dealkylation sites (N-methyl/N-ethyl adjacent to an activating group) is 1. The number of methoxy groups -OCH3 is 1. The molecule has 2 atom stereocenters. The van der Waals surface area contributed by atoms with Crippen LogP contribution in [0, 0.1) is 17.1 Å². The van der Waals surface area contributed by atoms with Gasteiger partial charge in [0.2, 0.25) is 0 Å². The first-order chi connectivity index (χ1) is 17.2. The number of nitriles is 1. The smallest absolute Gasteiger partial charge is 0.254 e. The summed E-state index contributed by atoms with van der Waals surface area (Å²) in [7, 11) is 2.99. The third-order valence-electron chi connectivity index (χ3n) is 6.43. The second-order valence-corrected chi connectivity index (χ2v) is 9.33. The van der Waals surface area contributed by atoms with Crippen molar-refractivity contribution in [2.24, 2.45) is 0 Å². The zero-order chi connectivity index (χ0) is 26.0. The summed E-state index contributed by atoms with van der Waals surface area (Å²) in [5, 5.41) is 9.81. The van der Waals surface area contributed by atoms with E-state index in [2.05, 4.69) is 0 Å². The maximum absolute atomic E-state index is 14.3. The van der Waals surface area contributed by atoms with Crippen molar-refractivity contribution in [2.45, 2.75) is 12.0 Å². The molecule has 1 aliphatic rings. The van der Waals surface area contributed by atoms with Crippen LogP contribution in [0.3, 0.4) is 0 Å². The van der Waals surface area contributed by atoms with E-state index in [-0.39, 0.29) is 35.6 Å². The number of hydrogen-bond donors (Lipinski definition) is 0. The molecule has 0 saturated carbocycles. The molecule has 0 N–H and O–H groups in total. The predicted molar refractivity (Wildman–Crippen MR) is 135 cm³/mol. The van der Waals surface area contributed by atoms with Crippen LogP contribution in [0.4, 0.5) is 4.39 Å². The molecule has 1 saturated heterocycles. The van der Waals surface area contributed by atoms with Crippen LogP contribution in [0.5, 0.6) is 5.75 Å². The number of halogens is 3. The molecule has 0 radical (unpaired) electrons. The molecule has 0 bridgehead atoms. The van der Waals surface area contributed by atoms with Crippen molar-refractivity contribution in [3.8, 4) is 11.8 Å². The molecule has 4 rings (SSSR count). The number of ether oxygens (including phenoxy) is 1. The topological polar surface area (TPSA) is 73.6 Å². The SMILES string of the molecule is COc1ccc(C(=O)N(C)[C@@H]2CN(C(=O)c3ccc(C#N)cc3)C[C@H]2c2ccc(Cl)c(Cl)c2)cc1F. The summed E-state index contributed by atoms with van der Waals surface area (Å²) in [4.78, 5) is 29.8. The Morgan fingerprint density at radius 3 is 2.33 bits per heavy atom. The first-order valence-electron chi connectivity index (χ1n) is 11.1. The minimum absolute atomic E-state index is 0.0444. The van der Waals surface area contributed by atoms with Crippen LogP contribution < -0.4 is 4.74 Å². The molecule has 36 heavy (non-hydrogen) atoms. The van der Waals surface area contributed by atoms with Gasteiger partial charge in [-0.05, 0) is 60.2 Å². The average molecular weight is 526 g/mol. The molecule has 3 aromatic carbocycles. The summed E-state index contributed by atoms with van der Waals surface area (Å²) in [6.07, 6.45) is 0. The lowest BCUT2D eigenvalue weighted by molar-refractivity contribution is 0.0695. The highest BCUT2D eigenvalue weighted by Crippen LogP contribution is 2.35. The Labute approximate surface area is 218 Å². The van der Waals surface area contributed by atoms with Crippen LogP contribution in [0.25, 0.3) is 0 Å². The quantitative estimate of drug-likeness (QED) is 0.447. The normalized spacial score (nSPS) is 16.9. The molecule has 9 heteroatoms. The zero-order valence-electron chi connectivity index (χ0n) is 19.5. The maximum atomic E-state index is 14.3. The summed E-state index contributed by atoms with van der Waals surface area (Å²) in [5.74, 6) is -1.47. The summed E-state index contributed by atoms with van der Waals surface area (Å²) < 4.78 is 19.2. The highest BCUT2D eigenvalue weighted by molar-refractivity contribution is 6.42. The fourth-order valence-electron chi connectivity index (χ4n) is 4.44. The third-order valence-corrected chi connectivity index (χ3v) is 7.16. The van der Waals surface area contributed by atoms with Gasteiger partial charge in [0, 0.05) is 37.2 Å². The van der Waals surface area contributed by atoms with Crippen LogP contribution in [0.15, 0.2) is 60.7 Å². The molecular formula is C27H22Cl2FN3O3. The fraction of sp³-hybridized carbons (Fsp3) is 0.222. The number of rotatable bonds is 5. The van der Waals surface area contributed by atoms with Crippen molar-refractivity contribution >= 4 is 35.0 Å². The van der Waals surface area contributed by atoms with E-state index in [0.717, 1.165) is 11.6 Å². The van der Waals surface area contributed by atoms with Crippen LogP contribution in [-0.4, -0.2) is 54.9 Å². The molecule has 0 spiro atoms. The van der Waals surface area contributed by atoms with Crippen LogP contribution in [0.1, 0.15) is 37.8 Å². The van der Waals surface area contributed by atoms with E-state index in [1.54, 1.807) is 48.3 Å². The van der Waals surface area contributed by atoms with E-state index in [1.807, 2.05) is 12.1 Å². The van der Waals surface area contributed by atoms with E-state index < -0.39 is 11.9 Å². The summed E-state index contributed by atoms with van der Waals surface area (Å²) in [6.45, 7) is 0.584. The van der Waals surface area contributed by atoms with Gasteiger partial charge in [0.1, 0.15) is 0 Å². The van der Waals surface area contributed by atoms with Crippen molar-refractivity contribution < 1.29 is 18.7 Å². The molecule has 1 heterocycles. The predicted octanol–water partition coefficient (Wildman–Crippen LogP) is 5.39.